The molecule has 158 valence electrons. The molecule has 2 aromatic rings. The Labute approximate surface area is 173 Å². The van der Waals surface area contributed by atoms with Crippen LogP contribution in [-0.2, 0) is 4.74 Å². The molecule has 29 heavy (non-hydrogen) atoms. The normalized spacial score (nSPS) is 22.5. The van der Waals surface area contributed by atoms with E-state index in [2.05, 4.69) is 20.2 Å². The van der Waals surface area contributed by atoms with Crippen molar-refractivity contribution in [1.82, 2.24) is 14.9 Å². The number of ether oxygens (including phenoxy) is 2. The van der Waals surface area contributed by atoms with Crippen molar-refractivity contribution >= 4 is 38.5 Å². The molecule has 2 fully saturated rings. The van der Waals surface area contributed by atoms with E-state index in [1.54, 1.807) is 25.3 Å². The summed E-state index contributed by atoms with van der Waals surface area (Å²) in [4.78, 5) is 25.8. The van der Waals surface area contributed by atoms with E-state index in [1.165, 1.54) is 11.3 Å². The molecule has 1 saturated carbocycles. The lowest BCUT2D eigenvalue weighted by Crippen LogP contribution is -2.42. The number of nitrogens with zero attached hydrogens (tertiary/aromatic N) is 4. The van der Waals surface area contributed by atoms with E-state index in [0.717, 1.165) is 49.3 Å². The molecule has 0 aromatic carbocycles. The van der Waals surface area contributed by atoms with E-state index in [0.29, 0.717) is 29.6 Å². The van der Waals surface area contributed by atoms with Gasteiger partial charge in [-0.1, -0.05) is 11.3 Å². The number of aromatic nitrogens is 2. The second kappa shape index (κ2) is 8.68. The molecule has 0 atom stereocenters. The number of carbonyl (C=O) groups is 1. The van der Waals surface area contributed by atoms with Crippen LogP contribution in [0.4, 0.5) is 15.7 Å². The fourth-order valence-electron chi connectivity index (χ4n) is 3.87. The van der Waals surface area contributed by atoms with Crippen LogP contribution in [0.2, 0.25) is 0 Å². The Kier molecular flexibility index (Phi) is 6.02. The van der Waals surface area contributed by atoms with E-state index >= 15 is 0 Å². The molecule has 10 heteroatoms. The number of thiazole rings is 1. The average Bonchev–Trinajstić information content (AvgIpc) is 3.17. The molecular weight excluding hydrogens is 394 g/mol. The van der Waals surface area contributed by atoms with E-state index < -0.39 is 0 Å². The number of urea groups is 1. The third-order valence-electron chi connectivity index (χ3n) is 5.65. The SMILES string of the molecule is COc1cnc(N2CCOCC2)c2sc(NC(=O)N(C)C3CCC(O)CC3)nc12. The van der Waals surface area contributed by atoms with Crippen LogP contribution in [0.1, 0.15) is 25.7 Å². The van der Waals surface area contributed by atoms with Gasteiger partial charge in [-0.05, 0) is 25.7 Å². The molecule has 2 N–H and O–H groups in total. The molecule has 1 aliphatic heterocycles. The van der Waals surface area contributed by atoms with Gasteiger partial charge in [-0.15, -0.1) is 0 Å². The van der Waals surface area contributed by atoms with Crippen molar-refractivity contribution in [2.75, 3.05) is 50.7 Å². The summed E-state index contributed by atoms with van der Waals surface area (Å²) < 4.78 is 11.8. The maximum Gasteiger partial charge on any atom is 0.323 e. The van der Waals surface area contributed by atoms with E-state index in [9.17, 15) is 9.90 Å². The summed E-state index contributed by atoms with van der Waals surface area (Å²) in [5.41, 5.74) is 0.702. The number of rotatable bonds is 4. The summed E-state index contributed by atoms with van der Waals surface area (Å²) >= 11 is 1.41. The van der Waals surface area contributed by atoms with Crippen LogP contribution in [0, 0.1) is 0 Å². The van der Waals surface area contributed by atoms with E-state index in [1.807, 2.05) is 0 Å². The fourth-order valence-corrected chi connectivity index (χ4v) is 4.86. The molecule has 3 heterocycles. The zero-order chi connectivity index (χ0) is 20.4. The van der Waals surface area contributed by atoms with Gasteiger partial charge < -0.3 is 24.4 Å². The number of aliphatic hydroxyl groups is 1. The number of anilines is 2. The standard InChI is InChI=1S/C19H27N5O4S/c1-23(12-3-5-13(25)6-4-12)19(26)22-18-21-15-14(27-2)11-20-17(16(15)29-18)24-7-9-28-10-8-24/h11-13,25H,3-10H2,1-2H3,(H,21,22,26). The Bertz CT molecular complexity index is 862. The number of hydrogen-bond donors (Lipinski definition) is 2. The van der Waals surface area contributed by atoms with Crippen molar-refractivity contribution in [2.45, 2.75) is 37.8 Å². The topological polar surface area (TPSA) is 100 Å². The highest BCUT2D eigenvalue weighted by molar-refractivity contribution is 7.23. The van der Waals surface area contributed by atoms with Gasteiger partial charge in [0.15, 0.2) is 10.9 Å². The van der Waals surface area contributed by atoms with Crippen LogP contribution in [-0.4, -0.2) is 78.6 Å². The molecule has 2 aliphatic rings. The lowest BCUT2D eigenvalue weighted by molar-refractivity contribution is 0.0943. The highest BCUT2D eigenvalue weighted by Crippen LogP contribution is 2.38. The van der Waals surface area contributed by atoms with Gasteiger partial charge in [0.2, 0.25) is 0 Å². The van der Waals surface area contributed by atoms with Gasteiger partial charge in [0.05, 0.1) is 32.6 Å². The number of nitrogens with one attached hydrogen (secondary N) is 1. The molecule has 1 aliphatic carbocycles. The average molecular weight is 422 g/mol. The first kappa shape index (κ1) is 20.1. The largest absolute Gasteiger partial charge is 0.493 e. The van der Waals surface area contributed by atoms with Gasteiger partial charge in [0, 0.05) is 26.2 Å². The predicted octanol–water partition coefficient (Wildman–Crippen LogP) is 2.30. The number of morpholine rings is 1. The molecule has 0 radical (unpaired) electrons. The smallest absolute Gasteiger partial charge is 0.323 e. The molecule has 0 bridgehead atoms. The Morgan fingerprint density at radius 2 is 2.07 bits per heavy atom. The van der Waals surface area contributed by atoms with Crippen molar-refractivity contribution < 1.29 is 19.4 Å². The quantitative estimate of drug-likeness (QED) is 0.781. The van der Waals surface area contributed by atoms with Crippen molar-refractivity contribution in [1.29, 1.82) is 0 Å². The lowest BCUT2D eigenvalue weighted by atomic mass is 9.92. The van der Waals surface area contributed by atoms with Gasteiger partial charge in [-0.3, -0.25) is 5.32 Å². The summed E-state index contributed by atoms with van der Waals surface area (Å²) in [6.07, 6.45) is 4.52. The summed E-state index contributed by atoms with van der Waals surface area (Å²) in [6.45, 7) is 2.87. The Hall–Kier alpha value is -2.17. The maximum absolute atomic E-state index is 12.8. The summed E-state index contributed by atoms with van der Waals surface area (Å²) in [7, 11) is 3.39. The van der Waals surface area contributed by atoms with Crippen LogP contribution in [0.25, 0.3) is 10.2 Å². The third kappa shape index (κ3) is 4.24. The number of hydrogen-bond acceptors (Lipinski definition) is 8. The first-order chi connectivity index (χ1) is 14.1. The van der Waals surface area contributed by atoms with Gasteiger partial charge in [0.1, 0.15) is 16.0 Å². The highest BCUT2D eigenvalue weighted by Gasteiger charge is 2.27. The number of fused-ring (bicyclic) bond motifs is 1. The van der Waals surface area contributed by atoms with Gasteiger partial charge in [-0.2, -0.15) is 0 Å². The fraction of sp³-hybridized carbons (Fsp3) is 0.632. The Morgan fingerprint density at radius 1 is 1.34 bits per heavy atom. The predicted molar refractivity (Wildman–Crippen MR) is 112 cm³/mol. The number of aliphatic hydroxyl groups excluding tert-OH is 1. The van der Waals surface area contributed by atoms with Crippen molar-refractivity contribution in [3.63, 3.8) is 0 Å². The Balaban J connectivity index is 1.55. The summed E-state index contributed by atoms with van der Waals surface area (Å²) in [5, 5.41) is 13.1. The minimum Gasteiger partial charge on any atom is -0.493 e. The maximum atomic E-state index is 12.8. The monoisotopic (exact) mass is 421 g/mol. The molecule has 4 rings (SSSR count). The zero-order valence-electron chi connectivity index (χ0n) is 16.8. The van der Waals surface area contributed by atoms with Crippen LogP contribution < -0.4 is 15.0 Å². The van der Waals surface area contributed by atoms with E-state index in [4.69, 9.17) is 9.47 Å². The molecule has 2 aromatic heterocycles. The third-order valence-corrected chi connectivity index (χ3v) is 6.61. The highest BCUT2D eigenvalue weighted by atomic mass is 32.1. The van der Waals surface area contributed by atoms with E-state index in [-0.39, 0.29) is 18.2 Å². The number of amides is 2. The molecule has 0 spiro atoms. The van der Waals surface area contributed by atoms with Crippen LogP contribution >= 0.6 is 11.3 Å². The van der Waals surface area contributed by atoms with Crippen LogP contribution in [0.3, 0.4) is 0 Å². The van der Waals surface area contributed by atoms with Crippen molar-refractivity contribution in [2.24, 2.45) is 0 Å². The van der Waals surface area contributed by atoms with Crippen molar-refractivity contribution in [3.8, 4) is 5.75 Å². The minimum absolute atomic E-state index is 0.132. The molecule has 0 unspecified atom stereocenters. The number of carbonyl (C=O) groups excluding carboxylic acids is 1. The molecular formula is C19H27N5O4S. The van der Waals surface area contributed by atoms with Crippen molar-refractivity contribution in [3.05, 3.63) is 6.20 Å². The van der Waals surface area contributed by atoms with Gasteiger partial charge >= 0.3 is 6.03 Å². The van der Waals surface area contributed by atoms with Gasteiger partial charge in [-0.25, -0.2) is 14.8 Å². The lowest BCUT2D eigenvalue weighted by Gasteiger charge is -2.32. The second-order valence-corrected chi connectivity index (χ2v) is 8.45. The first-order valence-corrected chi connectivity index (χ1v) is 10.8. The Morgan fingerprint density at radius 3 is 2.76 bits per heavy atom. The number of pyridine rings is 1. The molecule has 1 saturated heterocycles. The molecule has 2 amide bonds. The zero-order valence-corrected chi connectivity index (χ0v) is 17.6. The van der Waals surface area contributed by atoms with Crippen LogP contribution in [0.15, 0.2) is 6.20 Å². The number of methoxy groups -OCH3 is 1. The minimum atomic E-state index is -0.245. The molecule has 9 nitrogen and oxygen atoms in total. The van der Waals surface area contributed by atoms with Crippen LogP contribution in [0.5, 0.6) is 5.75 Å². The summed E-state index contributed by atoms with van der Waals surface area (Å²) in [5.74, 6) is 1.43. The summed E-state index contributed by atoms with van der Waals surface area (Å²) in [6, 6.07) is -0.0572. The second-order valence-electron chi connectivity index (χ2n) is 7.45. The first-order valence-electron chi connectivity index (χ1n) is 9.95. The van der Waals surface area contributed by atoms with Gasteiger partial charge in [0.25, 0.3) is 0 Å².